The van der Waals surface area contributed by atoms with Crippen LogP contribution in [0.3, 0.4) is 0 Å². The fourth-order valence-electron chi connectivity index (χ4n) is 7.38. The predicted molar refractivity (Wildman–Crippen MR) is 98.7 cm³/mol. The van der Waals surface area contributed by atoms with Crippen molar-refractivity contribution < 1.29 is 24.6 Å². The van der Waals surface area contributed by atoms with Crippen molar-refractivity contribution in [2.45, 2.75) is 52.6 Å². The molecule has 0 aliphatic heterocycles. The van der Waals surface area contributed by atoms with Crippen molar-refractivity contribution in [2.75, 3.05) is 0 Å². The van der Waals surface area contributed by atoms with E-state index in [4.69, 9.17) is 0 Å². The van der Waals surface area contributed by atoms with Crippen LogP contribution >= 0.6 is 0 Å². The zero-order valence-corrected chi connectivity index (χ0v) is 16.1. The third-order valence-corrected chi connectivity index (χ3v) is 8.33. The minimum atomic E-state index is -1.36. The molecule has 27 heavy (non-hydrogen) atoms. The van der Waals surface area contributed by atoms with Gasteiger partial charge in [-0.1, -0.05) is 32.4 Å². The van der Waals surface area contributed by atoms with Gasteiger partial charge in [-0.3, -0.25) is 9.59 Å². The minimum absolute atomic E-state index is 0.00257. The van der Waals surface area contributed by atoms with Gasteiger partial charge in [0.1, 0.15) is 0 Å². The molecule has 4 rings (SSSR count). The van der Waals surface area contributed by atoms with E-state index in [1.54, 1.807) is 12.2 Å². The first-order valence-corrected chi connectivity index (χ1v) is 9.99. The largest absolute Gasteiger partial charge is 0.475 e. The molecule has 4 aliphatic carbocycles. The Morgan fingerprint density at radius 3 is 2.63 bits per heavy atom. The molecule has 5 nitrogen and oxygen atoms in total. The maximum absolute atomic E-state index is 12.5. The number of hydrogen-bond acceptors (Lipinski definition) is 4. The van der Waals surface area contributed by atoms with Crippen LogP contribution in [0.2, 0.25) is 0 Å². The van der Waals surface area contributed by atoms with Gasteiger partial charge in [-0.2, -0.15) is 0 Å². The van der Waals surface area contributed by atoms with Crippen LogP contribution in [0.1, 0.15) is 46.5 Å². The maximum Gasteiger partial charge on any atom is 0.372 e. The van der Waals surface area contributed by atoms with Crippen molar-refractivity contribution in [3.05, 3.63) is 23.8 Å². The lowest BCUT2D eigenvalue weighted by Crippen LogP contribution is -2.56. The molecule has 0 aromatic heterocycles. The lowest BCUT2D eigenvalue weighted by molar-refractivity contribution is -0.158. The molecular weight excluding hydrogens is 344 g/mol. The molecule has 3 fully saturated rings. The maximum atomic E-state index is 12.5. The number of fused-ring (bicyclic) bond motifs is 5. The van der Waals surface area contributed by atoms with Gasteiger partial charge in [-0.15, -0.1) is 0 Å². The van der Waals surface area contributed by atoms with Gasteiger partial charge in [-0.25, -0.2) is 4.79 Å². The molecule has 4 aliphatic rings. The summed E-state index contributed by atoms with van der Waals surface area (Å²) in [5, 5.41) is 20.5. The van der Waals surface area contributed by atoms with E-state index in [2.05, 4.69) is 6.92 Å². The fourth-order valence-corrected chi connectivity index (χ4v) is 7.38. The zero-order valence-electron chi connectivity index (χ0n) is 16.1. The number of allylic oxidation sites excluding steroid dienone is 4. The second-order valence-electron chi connectivity index (χ2n) is 9.66. The van der Waals surface area contributed by atoms with E-state index in [0.29, 0.717) is 6.42 Å². The normalized spacial score (nSPS) is 48.3. The summed E-state index contributed by atoms with van der Waals surface area (Å²) in [4.78, 5) is 35.7. The third-order valence-electron chi connectivity index (χ3n) is 8.33. The second-order valence-corrected chi connectivity index (χ2v) is 9.66. The number of carbonyl (C=O) groups excluding carboxylic acids is 2. The van der Waals surface area contributed by atoms with Crippen LogP contribution in [0.25, 0.3) is 0 Å². The number of Topliss-reactive ketones (excluding diaryl/α,β-unsaturated/α-hetero) is 1. The van der Waals surface area contributed by atoms with Gasteiger partial charge in [-0.05, 0) is 61.0 Å². The Hall–Kier alpha value is -1.75. The van der Waals surface area contributed by atoms with Gasteiger partial charge in [0, 0.05) is 17.3 Å². The number of aliphatic carboxylic acids is 1. The lowest BCUT2D eigenvalue weighted by Gasteiger charge is -2.58. The Morgan fingerprint density at radius 2 is 1.96 bits per heavy atom. The van der Waals surface area contributed by atoms with E-state index in [0.717, 1.165) is 24.8 Å². The number of carboxylic acids is 1. The number of carbonyl (C=O) groups is 3. The Labute approximate surface area is 159 Å². The summed E-state index contributed by atoms with van der Waals surface area (Å²) in [5.74, 6) is -2.13. The lowest BCUT2D eigenvalue weighted by atomic mass is 9.46. The molecule has 5 heteroatoms. The van der Waals surface area contributed by atoms with Gasteiger partial charge in [0.15, 0.2) is 5.78 Å². The molecule has 0 saturated heterocycles. The molecule has 0 unspecified atom stereocenters. The summed E-state index contributed by atoms with van der Waals surface area (Å²) in [6.07, 6.45) is 7.65. The number of rotatable bonds is 2. The Morgan fingerprint density at radius 1 is 1.26 bits per heavy atom. The second kappa shape index (κ2) is 5.87. The number of carboxylic acid groups (broad SMARTS) is 1. The van der Waals surface area contributed by atoms with E-state index >= 15 is 0 Å². The third kappa shape index (κ3) is 2.43. The number of aliphatic hydroxyl groups excluding tert-OH is 1. The minimum Gasteiger partial charge on any atom is -0.475 e. The van der Waals surface area contributed by atoms with Gasteiger partial charge < -0.3 is 10.2 Å². The van der Waals surface area contributed by atoms with Crippen LogP contribution in [-0.2, 0) is 14.4 Å². The molecule has 8 atom stereocenters. The van der Waals surface area contributed by atoms with Crippen molar-refractivity contribution in [3.63, 3.8) is 0 Å². The van der Waals surface area contributed by atoms with Crippen molar-refractivity contribution >= 4 is 17.5 Å². The quantitative estimate of drug-likeness (QED) is 0.727. The molecule has 0 radical (unpaired) electrons. The van der Waals surface area contributed by atoms with E-state index in [-0.39, 0.29) is 34.9 Å². The molecule has 0 aromatic rings. The Balaban J connectivity index is 1.74. The van der Waals surface area contributed by atoms with E-state index < -0.39 is 29.2 Å². The van der Waals surface area contributed by atoms with Crippen LogP contribution in [0, 0.1) is 40.4 Å². The average molecular weight is 372 g/mol. The van der Waals surface area contributed by atoms with Crippen molar-refractivity contribution in [1.29, 1.82) is 0 Å². The van der Waals surface area contributed by atoms with Crippen LogP contribution < -0.4 is 0 Å². The summed E-state index contributed by atoms with van der Waals surface area (Å²) in [6.45, 7) is 6.11. The van der Waals surface area contributed by atoms with E-state index in [1.807, 2.05) is 19.9 Å². The number of aliphatic hydroxyl groups is 1. The standard InChI is InChI=1S/C22H28O5/c1-11-8-15-14-5-4-12-9-13(23)6-7-21(12,2)18(14)16(24)10-22(15,3)17(11)19(25)20(26)27/h6-7,9,11,14-18,24H,4-5,8,10H2,1-3H3,(H,26,27)/t11-,14+,15+,16+,17-,18-,21+,22+/m1/s1. The van der Waals surface area contributed by atoms with Crippen LogP contribution in [0.15, 0.2) is 23.8 Å². The molecular formula is C22H28O5. The van der Waals surface area contributed by atoms with Crippen LogP contribution in [0.4, 0.5) is 0 Å². The smallest absolute Gasteiger partial charge is 0.372 e. The molecule has 0 spiro atoms. The van der Waals surface area contributed by atoms with Crippen LogP contribution in [-0.4, -0.2) is 33.9 Å². The summed E-state index contributed by atoms with van der Waals surface area (Å²) in [7, 11) is 0. The monoisotopic (exact) mass is 372 g/mol. The first-order valence-electron chi connectivity index (χ1n) is 9.99. The first kappa shape index (κ1) is 18.6. The van der Waals surface area contributed by atoms with Gasteiger partial charge >= 0.3 is 5.97 Å². The highest BCUT2D eigenvalue weighted by Crippen LogP contribution is 2.67. The highest BCUT2D eigenvalue weighted by molar-refractivity contribution is 6.33. The van der Waals surface area contributed by atoms with Gasteiger partial charge in [0.25, 0.3) is 0 Å². The topological polar surface area (TPSA) is 91.7 Å². The average Bonchev–Trinajstić information content (AvgIpc) is 2.84. The van der Waals surface area contributed by atoms with Crippen molar-refractivity contribution in [2.24, 2.45) is 40.4 Å². The molecule has 2 N–H and O–H groups in total. The zero-order chi connectivity index (χ0) is 19.7. The number of ketones is 2. The fraction of sp³-hybridized carbons (Fsp3) is 0.682. The van der Waals surface area contributed by atoms with E-state index in [9.17, 15) is 24.6 Å². The molecule has 0 amide bonds. The molecule has 3 saturated carbocycles. The van der Waals surface area contributed by atoms with Gasteiger partial charge in [0.05, 0.1) is 6.10 Å². The Kier molecular flexibility index (Phi) is 4.05. The summed E-state index contributed by atoms with van der Waals surface area (Å²) in [6, 6.07) is 0. The van der Waals surface area contributed by atoms with Crippen molar-refractivity contribution in [3.8, 4) is 0 Å². The molecule has 0 aromatic carbocycles. The first-order chi connectivity index (χ1) is 12.6. The Bertz CT molecular complexity index is 780. The highest BCUT2D eigenvalue weighted by Gasteiger charge is 2.64. The SMILES string of the molecule is C[C@@H]1C[C@H]2[C@@H]3CCC4=CC(=O)C=C[C@]4(C)[C@H]3[C@@H](O)C[C@]2(C)[C@H]1C(=O)C(=O)O. The molecule has 146 valence electrons. The summed E-state index contributed by atoms with van der Waals surface area (Å²) < 4.78 is 0. The summed E-state index contributed by atoms with van der Waals surface area (Å²) in [5.41, 5.74) is 0.278. The highest BCUT2D eigenvalue weighted by atomic mass is 16.4. The predicted octanol–water partition coefficient (Wildman–Crippen LogP) is 2.78. The van der Waals surface area contributed by atoms with Crippen molar-refractivity contribution in [1.82, 2.24) is 0 Å². The molecule has 0 heterocycles. The molecule has 0 bridgehead atoms. The van der Waals surface area contributed by atoms with Gasteiger partial charge in [0.2, 0.25) is 5.78 Å². The summed E-state index contributed by atoms with van der Waals surface area (Å²) >= 11 is 0. The van der Waals surface area contributed by atoms with E-state index in [1.165, 1.54) is 0 Å². The number of hydrogen-bond donors (Lipinski definition) is 2. The van der Waals surface area contributed by atoms with Crippen LogP contribution in [0.5, 0.6) is 0 Å².